The molecule has 3 atom stereocenters. The average Bonchev–Trinajstić information content (AvgIpc) is 3.10. The van der Waals surface area contributed by atoms with Gasteiger partial charge in [-0.05, 0) is 6.42 Å². The first kappa shape index (κ1) is 14.4. The van der Waals surface area contributed by atoms with Gasteiger partial charge in [0.2, 0.25) is 6.29 Å². The fourth-order valence-electron chi connectivity index (χ4n) is 3.56. The van der Waals surface area contributed by atoms with Crippen LogP contribution in [0.3, 0.4) is 0 Å². The molecular formula is C19H19NO3. The lowest BCUT2D eigenvalue weighted by Gasteiger charge is -2.31. The molecule has 0 radical (unpaired) electrons. The Morgan fingerprint density at radius 2 is 1.57 bits per heavy atom. The van der Waals surface area contributed by atoms with E-state index in [1.807, 2.05) is 67.6 Å². The summed E-state index contributed by atoms with van der Waals surface area (Å²) in [5, 5.41) is 3.56. The predicted octanol–water partition coefficient (Wildman–Crippen LogP) is 2.79. The smallest absolute Gasteiger partial charge is 0.313 e. The van der Waals surface area contributed by atoms with Gasteiger partial charge in [0.15, 0.2) is 5.72 Å². The maximum absolute atomic E-state index is 12.0. The van der Waals surface area contributed by atoms with Gasteiger partial charge in [-0.1, -0.05) is 67.6 Å². The Labute approximate surface area is 135 Å². The molecule has 118 valence electrons. The molecule has 0 spiro atoms. The summed E-state index contributed by atoms with van der Waals surface area (Å²) in [6.07, 6.45) is 0.184. The first-order chi connectivity index (χ1) is 11.2. The minimum absolute atomic E-state index is 0.132. The molecule has 4 rings (SSSR count). The van der Waals surface area contributed by atoms with Gasteiger partial charge in [0.25, 0.3) is 0 Å². The lowest BCUT2D eigenvalue weighted by Crippen LogP contribution is -2.45. The van der Waals surface area contributed by atoms with Crippen LogP contribution in [0.2, 0.25) is 0 Å². The van der Waals surface area contributed by atoms with Crippen molar-refractivity contribution < 1.29 is 14.3 Å². The van der Waals surface area contributed by atoms with Crippen molar-refractivity contribution in [2.75, 3.05) is 0 Å². The Balaban J connectivity index is 1.80. The van der Waals surface area contributed by atoms with Crippen LogP contribution < -0.4 is 5.32 Å². The summed E-state index contributed by atoms with van der Waals surface area (Å²) in [5.74, 6) is -0.348. The summed E-state index contributed by atoms with van der Waals surface area (Å²) in [6, 6.07) is 19.9. The number of rotatable bonds is 3. The molecule has 0 amide bonds. The second-order valence-corrected chi connectivity index (χ2v) is 6.02. The summed E-state index contributed by atoms with van der Waals surface area (Å²) in [5.41, 5.74) is 1.23. The van der Waals surface area contributed by atoms with Gasteiger partial charge in [-0.25, -0.2) is 0 Å². The number of nitrogens with one attached hydrogen (secondary N) is 1. The molecular weight excluding hydrogens is 290 g/mol. The summed E-state index contributed by atoms with van der Waals surface area (Å²) in [6.45, 7) is 2.00. The lowest BCUT2D eigenvalue weighted by atomic mass is 9.92. The highest BCUT2D eigenvalue weighted by molar-refractivity contribution is 5.76. The van der Waals surface area contributed by atoms with Gasteiger partial charge in [0.05, 0.1) is 12.0 Å². The van der Waals surface area contributed by atoms with Crippen LogP contribution in [0.4, 0.5) is 0 Å². The molecule has 0 aliphatic carbocycles. The highest BCUT2D eigenvalue weighted by atomic mass is 16.7. The topological polar surface area (TPSA) is 47.6 Å². The molecule has 2 aromatic rings. The Hall–Kier alpha value is -2.17. The standard InChI is InChI=1S/C19H19NO3/c1-2-15-16-18(22-17(15)21)23-19(20-16,13-9-5-3-6-10-13)14-11-7-4-8-12-14/h3-12,15-16,18,20H,2H2,1H3/t15-,16+,18-/m0/s1. The van der Waals surface area contributed by atoms with Crippen LogP contribution in [0.1, 0.15) is 24.5 Å². The third-order valence-electron chi connectivity index (χ3n) is 4.73. The van der Waals surface area contributed by atoms with Crippen molar-refractivity contribution in [3.05, 3.63) is 71.8 Å². The average molecular weight is 309 g/mol. The fourth-order valence-corrected chi connectivity index (χ4v) is 3.56. The van der Waals surface area contributed by atoms with Crippen LogP contribution in [0, 0.1) is 5.92 Å². The van der Waals surface area contributed by atoms with Crippen LogP contribution >= 0.6 is 0 Å². The molecule has 2 saturated heterocycles. The van der Waals surface area contributed by atoms with E-state index in [1.165, 1.54) is 0 Å². The van der Waals surface area contributed by atoms with Crippen molar-refractivity contribution in [3.63, 3.8) is 0 Å². The predicted molar refractivity (Wildman–Crippen MR) is 85.3 cm³/mol. The number of fused-ring (bicyclic) bond motifs is 1. The molecule has 4 nitrogen and oxygen atoms in total. The number of esters is 1. The molecule has 2 aliphatic rings. The summed E-state index contributed by atoms with van der Waals surface area (Å²) in [4.78, 5) is 12.0. The molecule has 0 bridgehead atoms. The van der Waals surface area contributed by atoms with E-state index in [1.54, 1.807) is 0 Å². The third kappa shape index (κ3) is 2.18. The maximum atomic E-state index is 12.0. The summed E-state index contributed by atoms with van der Waals surface area (Å²) in [7, 11) is 0. The number of carbonyl (C=O) groups excluding carboxylic acids is 1. The molecule has 2 fully saturated rings. The van der Waals surface area contributed by atoms with Crippen molar-refractivity contribution >= 4 is 5.97 Å². The molecule has 1 N–H and O–H groups in total. The van der Waals surface area contributed by atoms with Gasteiger partial charge in [-0.2, -0.15) is 0 Å². The van der Waals surface area contributed by atoms with Crippen molar-refractivity contribution in [2.24, 2.45) is 5.92 Å². The highest BCUT2D eigenvalue weighted by Crippen LogP contribution is 2.43. The highest BCUT2D eigenvalue weighted by Gasteiger charge is 2.57. The number of ether oxygens (including phenoxy) is 2. The van der Waals surface area contributed by atoms with Crippen molar-refractivity contribution in [1.29, 1.82) is 0 Å². The maximum Gasteiger partial charge on any atom is 0.313 e. The van der Waals surface area contributed by atoms with Crippen LogP contribution in [0.25, 0.3) is 0 Å². The normalized spacial score (nSPS) is 28.4. The van der Waals surface area contributed by atoms with Crippen molar-refractivity contribution in [2.45, 2.75) is 31.4 Å². The quantitative estimate of drug-likeness (QED) is 0.886. The molecule has 23 heavy (non-hydrogen) atoms. The van der Waals surface area contributed by atoms with E-state index in [9.17, 15) is 4.79 Å². The summed E-state index contributed by atoms with van der Waals surface area (Å²) < 4.78 is 11.8. The van der Waals surface area contributed by atoms with E-state index in [-0.39, 0.29) is 17.9 Å². The molecule has 0 saturated carbocycles. The third-order valence-corrected chi connectivity index (χ3v) is 4.73. The number of hydrogen-bond acceptors (Lipinski definition) is 4. The van der Waals surface area contributed by atoms with E-state index >= 15 is 0 Å². The van der Waals surface area contributed by atoms with Gasteiger partial charge in [0.1, 0.15) is 0 Å². The molecule has 2 aromatic carbocycles. The number of carbonyl (C=O) groups is 1. The second-order valence-electron chi connectivity index (χ2n) is 6.02. The first-order valence-electron chi connectivity index (χ1n) is 8.01. The van der Waals surface area contributed by atoms with Crippen LogP contribution in [0.15, 0.2) is 60.7 Å². The zero-order chi connectivity index (χ0) is 15.9. The second kappa shape index (κ2) is 5.48. The monoisotopic (exact) mass is 309 g/mol. The molecule has 4 heteroatoms. The Bertz CT molecular complexity index is 662. The van der Waals surface area contributed by atoms with Crippen molar-refractivity contribution in [3.8, 4) is 0 Å². The molecule has 0 unspecified atom stereocenters. The van der Waals surface area contributed by atoms with Crippen LogP contribution in [-0.2, 0) is 20.0 Å². The Morgan fingerprint density at radius 3 is 2.09 bits per heavy atom. The largest absolute Gasteiger partial charge is 0.434 e. The first-order valence-corrected chi connectivity index (χ1v) is 8.01. The van der Waals surface area contributed by atoms with E-state index in [0.717, 1.165) is 17.5 Å². The molecule has 2 heterocycles. The fraction of sp³-hybridized carbons (Fsp3) is 0.316. The van der Waals surface area contributed by atoms with Gasteiger partial charge < -0.3 is 9.47 Å². The summed E-state index contributed by atoms with van der Waals surface area (Å²) >= 11 is 0. The number of benzene rings is 2. The Morgan fingerprint density at radius 1 is 1.00 bits per heavy atom. The van der Waals surface area contributed by atoms with Gasteiger partial charge in [-0.3, -0.25) is 10.1 Å². The minimum Gasteiger partial charge on any atom is -0.434 e. The molecule has 0 aromatic heterocycles. The SMILES string of the molecule is CC[C@@H]1C(=O)O[C@H]2OC(c3ccccc3)(c3ccccc3)N[C@@H]21. The number of hydrogen-bond donors (Lipinski definition) is 1. The van der Waals surface area contributed by atoms with Crippen LogP contribution in [0.5, 0.6) is 0 Å². The van der Waals surface area contributed by atoms with Gasteiger partial charge in [0, 0.05) is 11.1 Å². The van der Waals surface area contributed by atoms with Crippen molar-refractivity contribution in [1.82, 2.24) is 5.32 Å². The zero-order valence-electron chi connectivity index (χ0n) is 12.9. The lowest BCUT2D eigenvalue weighted by molar-refractivity contribution is -0.174. The Kier molecular flexibility index (Phi) is 3.43. The van der Waals surface area contributed by atoms with E-state index in [4.69, 9.17) is 9.47 Å². The van der Waals surface area contributed by atoms with E-state index in [2.05, 4.69) is 5.32 Å². The zero-order valence-corrected chi connectivity index (χ0v) is 12.9. The van der Waals surface area contributed by atoms with Gasteiger partial charge >= 0.3 is 5.97 Å². The van der Waals surface area contributed by atoms with E-state index in [0.29, 0.717) is 0 Å². The van der Waals surface area contributed by atoms with Gasteiger partial charge in [-0.15, -0.1) is 0 Å². The minimum atomic E-state index is -0.786. The molecule has 2 aliphatic heterocycles. The van der Waals surface area contributed by atoms with E-state index < -0.39 is 12.0 Å². The van der Waals surface area contributed by atoms with Crippen LogP contribution in [-0.4, -0.2) is 18.3 Å².